The average Bonchev–Trinajstić information content (AvgIpc) is 2.76. The molecule has 1 fully saturated rings. The molecule has 1 aromatic carbocycles. The van der Waals surface area contributed by atoms with Gasteiger partial charge in [-0.3, -0.25) is 9.69 Å². The van der Waals surface area contributed by atoms with E-state index in [1.165, 1.54) is 38.5 Å². The molecule has 21 heavy (non-hydrogen) atoms. The highest BCUT2D eigenvalue weighted by Gasteiger charge is 2.18. The molecule has 1 N–H and O–H groups in total. The Bertz CT molecular complexity index is 439. The van der Waals surface area contributed by atoms with Crippen LogP contribution in [0.15, 0.2) is 24.3 Å². The highest BCUT2D eigenvalue weighted by molar-refractivity contribution is 6.30. The SMILES string of the molecule is CN(CC(=O)NCc1ccc(Cl)cc1)C1CCCCCC1. The zero-order chi connectivity index (χ0) is 15.1. The van der Waals surface area contributed by atoms with Crippen LogP contribution in [0.2, 0.25) is 5.02 Å². The molecular formula is C17H25ClN2O. The van der Waals surface area contributed by atoms with Gasteiger partial charge in [-0.05, 0) is 37.6 Å². The lowest BCUT2D eigenvalue weighted by Crippen LogP contribution is -2.40. The molecule has 1 aromatic rings. The Morgan fingerprint density at radius 1 is 1.19 bits per heavy atom. The minimum Gasteiger partial charge on any atom is -0.351 e. The molecule has 0 saturated heterocycles. The first-order valence-electron chi connectivity index (χ1n) is 7.86. The van der Waals surface area contributed by atoms with Gasteiger partial charge in [-0.25, -0.2) is 0 Å². The van der Waals surface area contributed by atoms with Gasteiger partial charge in [0, 0.05) is 17.6 Å². The maximum absolute atomic E-state index is 12.0. The molecule has 0 aliphatic heterocycles. The summed E-state index contributed by atoms with van der Waals surface area (Å²) < 4.78 is 0. The standard InChI is InChI=1S/C17H25ClN2O/c1-20(16-6-4-2-3-5-7-16)13-17(21)19-12-14-8-10-15(18)11-9-14/h8-11,16H,2-7,12-13H2,1H3,(H,19,21). The van der Waals surface area contributed by atoms with E-state index >= 15 is 0 Å². The Hall–Kier alpha value is -1.06. The van der Waals surface area contributed by atoms with E-state index in [0.29, 0.717) is 19.1 Å². The van der Waals surface area contributed by atoms with Crippen LogP contribution in [0.1, 0.15) is 44.1 Å². The van der Waals surface area contributed by atoms with E-state index in [0.717, 1.165) is 10.6 Å². The largest absolute Gasteiger partial charge is 0.351 e. The van der Waals surface area contributed by atoms with Gasteiger partial charge in [-0.15, -0.1) is 0 Å². The second-order valence-corrected chi connectivity index (χ2v) is 6.40. The van der Waals surface area contributed by atoms with Gasteiger partial charge in [-0.2, -0.15) is 0 Å². The number of nitrogens with zero attached hydrogens (tertiary/aromatic N) is 1. The summed E-state index contributed by atoms with van der Waals surface area (Å²) >= 11 is 5.85. The van der Waals surface area contributed by atoms with Crippen LogP contribution in [-0.4, -0.2) is 30.4 Å². The van der Waals surface area contributed by atoms with Crippen LogP contribution in [0.3, 0.4) is 0 Å². The fourth-order valence-electron chi connectivity index (χ4n) is 2.91. The predicted molar refractivity (Wildman–Crippen MR) is 87.4 cm³/mol. The van der Waals surface area contributed by atoms with Gasteiger partial charge >= 0.3 is 0 Å². The molecule has 116 valence electrons. The number of hydrogen-bond donors (Lipinski definition) is 1. The van der Waals surface area contributed by atoms with Crippen LogP contribution < -0.4 is 5.32 Å². The lowest BCUT2D eigenvalue weighted by molar-refractivity contribution is -0.122. The molecule has 0 unspecified atom stereocenters. The van der Waals surface area contributed by atoms with Crippen molar-refractivity contribution in [1.82, 2.24) is 10.2 Å². The molecule has 1 saturated carbocycles. The summed E-state index contributed by atoms with van der Waals surface area (Å²) in [5.41, 5.74) is 1.07. The molecular weight excluding hydrogens is 284 g/mol. The summed E-state index contributed by atoms with van der Waals surface area (Å²) in [6, 6.07) is 8.14. The van der Waals surface area contributed by atoms with E-state index < -0.39 is 0 Å². The summed E-state index contributed by atoms with van der Waals surface area (Å²) in [6.07, 6.45) is 7.71. The monoisotopic (exact) mass is 308 g/mol. The number of likely N-dealkylation sites (N-methyl/N-ethyl adjacent to an activating group) is 1. The number of hydrogen-bond acceptors (Lipinski definition) is 2. The molecule has 1 amide bonds. The zero-order valence-electron chi connectivity index (χ0n) is 12.8. The minimum atomic E-state index is 0.0942. The molecule has 3 nitrogen and oxygen atoms in total. The molecule has 0 radical (unpaired) electrons. The Kier molecular flexibility index (Phi) is 6.52. The summed E-state index contributed by atoms with van der Waals surface area (Å²) in [5, 5.41) is 3.70. The van der Waals surface area contributed by atoms with Gasteiger partial charge in [0.15, 0.2) is 0 Å². The molecule has 0 heterocycles. The highest BCUT2D eigenvalue weighted by atomic mass is 35.5. The van der Waals surface area contributed by atoms with Gasteiger partial charge in [0.05, 0.1) is 6.54 Å². The minimum absolute atomic E-state index is 0.0942. The van der Waals surface area contributed by atoms with Crippen LogP contribution in [0.4, 0.5) is 0 Å². The van der Waals surface area contributed by atoms with Crippen molar-refractivity contribution in [2.75, 3.05) is 13.6 Å². The smallest absolute Gasteiger partial charge is 0.234 e. The lowest BCUT2D eigenvalue weighted by Gasteiger charge is -2.26. The Morgan fingerprint density at radius 3 is 2.43 bits per heavy atom. The number of amides is 1. The van der Waals surface area contributed by atoms with E-state index in [9.17, 15) is 4.79 Å². The fraction of sp³-hybridized carbons (Fsp3) is 0.588. The van der Waals surface area contributed by atoms with E-state index in [2.05, 4.69) is 17.3 Å². The first-order chi connectivity index (χ1) is 10.1. The predicted octanol–water partition coefficient (Wildman–Crippen LogP) is 3.61. The third kappa shape index (κ3) is 5.68. The molecule has 0 atom stereocenters. The molecule has 2 rings (SSSR count). The zero-order valence-corrected chi connectivity index (χ0v) is 13.5. The van der Waals surface area contributed by atoms with E-state index in [1.807, 2.05) is 24.3 Å². The van der Waals surface area contributed by atoms with Crippen molar-refractivity contribution in [1.29, 1.82) is 0 Å². The summed E-state index contributed by atoms with van der Waals surface area (Å²) in [5.74, 6) is 0.0942. The van der Waals surface area contributed by atoms with Crippen molar-refractivity contribution in [3.63, 3.8) is 0 Å². The summed E-state index contributed by atoms with van der Waals surface area (Å²) in [6.45, 7) is 1.05. The Morgan fingerprint density at radius 2 is 1.81 bits per heavy atom. The third-order valence-electron chi connectivity index (χ3n) is 4.24. The molecule has 0 bridgehead atoms. The van der Waals surface area contributed by atoms with Crippen molar-refractivity contribution >= 4 is 17.5 Å². The number of carbonyl (C=O) groups excluding carboxylic acids is 1. The average molecular weight is 309 g/mol. The van der Waals surface area contributed by atoms with Gasteiger partial charge in [-0.1, -0.05) is 49.4 Å². The van der Waals surface area contributed by atoms with E-state index in [1.54, 1.807) is 0 Å². The van der Waals surface area contributed by atoms with Crippen molar-refractivity contribution in [3.8, 4) is 0 Å². The van der Waals surface area contributed by atoms with Gasteiger partial charge < -0.3 is 5.32 Å². The van der Waals surface area contributed by atoms with Crippen molar-refractivity contribution < 1.29 is 4.79 Å². The number of nitrogens with one attached hydrogen (secondary N) is 1. The molecule has 4 heteroatoms. The molecule has 0 aromatic heterocycles. The van der Waals surface area contributed by atoms with Crippen LogP contribution in [-0.2, 0) is 11.3 Å². The van der Waals surface area contributed by atoms with Crippen LogP contribution in [0, 0.1) is 0 Å². The van der Waals surface area contributed by atoms with Gasteiger partial charge in [0.25, 0.3) is 0 Å². The number of halogens is 1. The third-order valence-corrected chi connectivity index (χ3v) is 4.50. The van der Waals surface area contributed by atoms with Crippen molar-refractivity contribution in [3.05, 3.63) is 34.9 Å². The first kappa shape index (κ1) is 16.3. The van der Waals surface area contributed by atoms with E-state index in [4.69, 9.17) is 11.6 Å². The maximum atomic E-state index is 12.0. The summed E-state index contributed by atoms with van der Waals surface area (Å²) in [7, 11) is 2.07. The maximum Gasteiger partial charge on any atom is 0.234 e. The molecule has 0 spiro atoms. The summed E-state index contributed by atoms with van der Waals surface area (Å²) in [4.78, 5) is 14.3. The number of carbonyl (C=O) groups is 1. The van der Waals surface area contributed by atoms with Gasteiger partial charge in [0.2, 0.25) is 5.91 Å². The topological polar surface area (TPSA) is 32.3 Å². The van der Waals surface area contributed by atoms with Crippen molar-refractivity contribution in [2.45, 2.75) is 51.1 Å². The van der Waals surface area contributed by atoms with Crippen LogP contribution >= 0.6 is 11.6 Å². The molecule has 1 aliphatic carbocycles. The highest BCUT2D eigenvalue weighted by Crippen LogP contribution is 2.20. The van der Waals surface area contributed by atoms with Crippen LogP contribution in [0.5, 0.6) is 0 Å². The first-order valence-corrected chi connectivity index (χ1v) is 8.24. The normalized spacial score (nSPS) is 16.7. The second-order valence-electron chi connectivity index (χ2n) is 5.96. The Labute approximate surface area is 132 Å². The lowest BCUT2D eigenvalue weighted by atomic mass is 10.1. The second kappa shape index (κ2) is 8.40. The van der Waals surface area contributed by atoms with Crippen LogP contribution in [0.25, 0.3) is 0 Å². The quantitative estimate of drug-likeness (QED) is 0.843. The number of rotatable bonds is 5. The van der Waals surface area contributed by atoms with E-state index in [-0.39, 0.29) is 5.91 Å². The fourth-order valence-corrected chi connectivity index (χ4v) is 3.04. The number of benzene rings is 1. The Balaban J connectivity index is 1.74. The molecule has 1 aliphatic rings. The van der Waals surface area contributed by atoms with Gasteiger partial charge in [0.1, 0.15) is 0 Å². The van der Waals surface area contributed by atoms with Crippen molar-refractivity contribution in [2.24, 2.45) is 0 Å².